The predicted molar refractivity (Wildman–Crippen MR) is 74.9 cm³/mol. The van der Waals surface area contributed by atoms with Gasteiger partial charge in [0.25, 0.3) is 0 Å². The minimum Gasteiger partial charge on any atom is -0.389 e. The third kappa shape index (κ3) is 1.83. The number of nitrogens with two attached hydrogens (primary N) is 1. The molecule has 3 rings (SSSR count). The fraction of sp³-hybridized carbons (Fsp3) is 0.385. The van der Waals surface area contributed by atoms with Gasteiger partial charge in [0.15, 0.2) is 5.60 Å². The van der Waals surface area contributed by atoms with Crippen LogP contribution in [-0.2, 0) is 4.74 Å². The van der Waals surface area contributed by atoms with Crippen molar-refractivity contribution in [2.75, 3.05) is 5.73 Å². The van der Waals surface area contributed by atoms with Gasteiger partial charge in [0, 0.05) is 12.6 Å². The van der Waals surface area contributed by atoms with E-state index in [4.69, 9.17) is 28.5 Å². The molecule has 0 amide bonds. The van der Waals surface area contributed by atoms with Crippen molar-refractivity contribution in [3.63, 3.8) is 0 Å². The molecule has 7 heteroatoms. The molecule has 0 saturated carbocycles. The molecule has 2 aromatic heterocycles. The number of aliphatic hydroxyl groups is 1. The summed E-state index contributed by atoms with van der Waals surface area (Å²) in [6.45, 7) is 1.68. The van der Waals surface area contributed by atoms with Gasteiger partial charge in [-0.15, -0.1) is 6.42 Å². The van der Waals surface area contributed by atoms with Gasteiger partial charge in [-0.3, -0.25) is 0 Å². The number of aromatic nitrogens is 3. The lowest BCUT2D eigenvalue weighted by Gasteiger charge is -2.21. The molecule has 2 unspecified atom stereocenters. The molecule has 0 spiro atoms. The Morgan fingerprint density at radius 3 is 3.05 bits per heavy atom. The number of anilines is 1. The van der Waals surface area contributed by atoms with E-state index < -0.39 is 17.9 Å². The van der Waals surface area contributed by atoms with Crippen LogP contribution in [0.4, 0.5) is 5.82 Å². The van der Waals surface area contributed by atoms with Gasteiger partial charge in [0.1, 0.15) is 17.7 Å². The van der Waals surface area contributed by atoms with Crippen LogP contribution in [0.1, 0.15) is 19.6 Å². The summed E-state index contributed by atoms with van der Waals surface area (Å²) < 4.78 is 7.53. The summed E-state index contributed by atoms with van der Waals surface area (Å²) in [6, 6.07) is 1.78. The van der Waals surface area contributed by atoms with Gasteiger partial charge in [-0.2, -0.15) is 4.98 Å². The Bertz CT molecular complexity index is 723. The number of ether oxygens (including phenoxy) is 1. The van der Waals surface area contributed by atoms with Crippen molar-refractivity contribution in [3.05, 3.63) is 17.5 Å². The number of hydrogen-bond acceptors (Lipinski definition) is 5. The second kappa shape index (κ2) is 4.35. The van der Waals surface area contributed by atoms with Gasteiger partial charge >= 0.3 is 0 Å². The highest BCUT2D eigenvalue weighted by molar-refractivity contribution is 6.28. The molecule has 104 valence electrons. The molecule has 1 fully saturated rings. The van der Waals surface area contributed by atoms with Crippen molar-refractivity contribution in [3.8, 4) is 12.3 Å². The first-order valence-electron chi connectivity index (χ1n) is 6.08. The molecule has 2 aromatic rings. The Labute approximate surface area is 120 Å². The van der Waals surface area contributed by atoms with Gasteiger partial charge in [-0.25, -0.2) is 4.98 Å². The van der Waals surface area contributed by atoms with E-state index in [9.17, 15) is 5.11 Å². The lowest BCUT2D eigenvalue weighted by molar-refractivity contribution is -0.0511. The number of fused-ring (bicyclic) bond motifs is 1. The molecule has 0 aliphatic carbocycles. The Kier molecular flexibility index (Phi) is 2.87. The number of hydrogen-bond donors (Lipinski definition) is 2. The molecule has 0 bridgehead atoms. The summed E-state index contributed by atoms with van der Waals surface area (Å²) >= 11 is 5.83. The van der Waals surface area contributed by atoms with Crippen LogP contribution in [0.25, 0.3) is 11.0 Å². The molecule has 0 aromatic carbocycles. The average Bonchev–Trinajstić information content (AvgIpc) is 2.92. The van der Waals surface area contributed by atoms with Crippen LogP contribution >= 0.6 is 11.6 Å². The zero-order valence-corrected chi connectivity index (χ0v) is 11.5. The molecule has 1 aliphatic rings. The normalized spacial score (nSPS) is 29.7. The highest BCUT2D eigenvalue weighted by Gasteiger charge is 2.44. The van der Waals surface area contributed by atoms with Crippen LogP contribution in [0.5, 0.6) is 0 Å². The summed E-state index contributed by atoms with van der Waals surface area (Å²) in [7, 11) is 0. The Morgan fingerprint density at radius 2 is 2.40 bits per heavy atom. The highest BCUT2D eigenvalue weighted by atomic mass is 35.5. The minimum atomic E-state index is -1.01. The molecule has 1 saturated heterocycles. The first-order valence-corrected chi connectivity index (χ1v) is 6.45. The molecule has 6 nitrogen and oxygen atoms in total. The number of aliphatic hydroxyl groups excluding tert-OH is 1. The maximum atomic E-state index is 10.0. The second-order valence-electron chi connectivity index (χ2n) is 4.91. The topological polar surface area (TPSA) is 86.2 Å². The standard InChI is InChI=1S/C13H13ClN4O2/c1-3-13(2)8(19)6-9(20-13)18-5-4-7-10(15)16-12(14)17-11(7)18/h1,4-5,8-9,19H,6H2,2H3,(H2,15,16,17)/t8?,9?,13-/m1/s1. The third-order valence-corrected chi connectivity index (χ3v) is 3.78. The zero-order chi connectivity index (χ0) is 14.5. The smallest absolute Gasteiger partial charge is 0.226 e. The summed E-state index contributed by atoms with van der Waals surface area (Å²) in [5.74, 6) is 2.79. The number of nitrogen functional groups attached to an aromatic ring is 1. The zero-order valence-electron chi connectivity index (χ0n) is 10.7. The fourth-order valence-corrected chi connectivity index (χ4v) is 2.56. The molecular formula is C13H13ClN4O2. The molecule has 20 heavy (non-hydrogen) atoms. The van der Waals surface area contributed by atoms with E-state index in [1.54, 1.807) is 23.8 Å². The Balaban J connectivity index is 2.07. The summed E-state index contributed by atoms with van der Waals surface area (Å²) in [6.07, 6.45) is 6.39. The number of halogens is 1. The number of rotatable bonds is 1. The van der Waals surface area contributed by atoms with Gasteiger partial charge in [-0.05, 0) is 24.6 Å². The van der Waals surface area contributed by atoms with E-state index in [1.165, 1.54) is 0 Å². The summed E-state index contributed by atoms with van der Waals surface area (Å²) in [5, 5.41) is 10.8. The van der Waals surface area contributed by atoms with Crippen molar-refractivity contribution in [2.45, 2.75) is 31.3 Å². The van der Waals surface area contributed by atoms with Gasteiger partial charge in [0.2, 0.25) is 5.28 Å². The van der Waals surface area contributed by atoms with Crippen molar-refractivity contribution >= 4 is 28.5 Å². The second-order valence-corrected chi connectivity index (χ2v) is 5.25. The van der Waals surface area contributed by atoms with Crippen LogP contribution in [0.15, 0.2) is 12.3 Å². The maximum Gasteiger partial charge on any atom is 0.226 e. The van der Waals surface area contributed by atoms with E-state index in [-0.39, 0.29) is 5.28 Å². The molecule has 0 radical (unpaired) electrons. The van der Waals surface area contributed by atoms with Crippen LogP contribution < -0.4 is 5.73 Å². The largest absolute Gasteiger partial charge is 0.389 e. The molecule has 3 atom stereocenters. The number of terminal acetylenes is 1. The average molecular weight is 293 g/mol. The van der Waals surface area contributed by atoms with Crippen molar-refractivity contribution in [1.29, 1.82) is 0 Å². The van der Waals surface area contributed by atoms with Crippen LogP contribution in [0.2, 0.25) is 5.28 Å². The fourth-order valence-electron chi connectivity index (χ4n) is 2.39. The summed E-state index contributed by atoms with van der Waals surface area (Å²) in [4.78, 5) is 8.06. The molecule has 3 heterocycles. The van der Waals surface area contributed by atoms with Crippen LogP contribution in [0, 0.1) is 12.3 Å². The minimum absolute atomic E-state index is 0.0632. The van der Waals surface area contributed by atoms with Gasteiger partial charge < -0.3 is 20.1 Å². The van der Waals surface area contributed by atoms with Gasteiger partial charge in [0.05, 0.1) is 11.5 Å². The predicted octanol–water partition coefficient (Wildman–Crippen LogP) is 1.34. The van der Waals surface area contributed by atoms with E-state index in [2.05, 4.69) is 15.9 Å². The van der Waals surface area contributed by atoms with Crippen molar-refractivity contribution in [1.82, 2.24) is 14.5 Å². The first-order chi connectivity index (χ1) is 9.44. The lowest BCUT2D eigenvalue weighted by atomic mass is 10.0. The van der Waals surface area contributed by atoms with Crippen LogP contribution in [-0.4, -0.2) is 31.3 Å². The Hall–Kier alpha value is -1.81. The lowest BCUT2D eigenvalue weighted by Crippen LogP contribution is -2.33. The van der Waals surface area contributed by atoms with E-state index in [0.29, 0.717) is 23.3 Å². The monoisotopic (exact) mass is 292 g/mol. The first kappa shape index (κ1) is 13.2. The maximum absolute atomic E-state index is 10.0. The van der Waals surface area contributed by atoms with E-state index in [0.717, 1.165) is 0 Å². The highest BCUT2D eigenvalue weighted by Crippen LogP contribution is 2.38. The van der Waals surface area contributed by atoms with Crippen molar-refractivity contribution in [2.24, 2.45) is 0 Å². The molecular weight excluding hydrogens is 280 g/mol. The number of nitrogens with zero attached hydrogens (tertiary/aromatic N) is 3. The van der Waals surface area contributed by atoms with Crippen LogP contribution in [0.3, 0.4) is 0 Å². The molecule has 3 N–H and O–H groups in total. The van der Waals surface area contributed by atoms with E-state index in [1.807, 2.05) is 0 Å². The third-order valence-electron chi connectivity index (χ3n) is 3.61. The molecule has 1 aliphatic heterocycles. The van der Waals surface area contributed by atoms with Gasteiger partial charge in [-0.1, -0.05) is 5.92 Å². The quantitative estimate of drug-likeness (QED) is 0.612. The van der Waals surface area contributed by atoms with Crippen molar-refractivity contribution < 1.29 is 9.84 Å². The van der Waals surface area contributed by atoms with E-state index >= 15 is 0 Å². The Morgan fingerprint density at radius 1 is 1.65 bits per heavy atom. The SMILES string of the molecule is C#C[C@@]1(C)OC(n2ccc3c(N)nc(Cl)nc32)CC1O. The summed E-state index contributed by atoms with van der Waals surface area (Å²) in [5.41, 5.74) is 5.35.